The molecule has 1 N–H and O–H groups in total. The molecule has 2 heterocycles. The zero-order chi connectivity index (χ0) is 21.3. The molecular formula is C20H18F3N3O3. The van der Waals surface area contributed by atoms with Crippen LogP contribution in [-0.4, -0.2) is 28.0 Å². The van der Waals surface area contributed by atoms with E-state index in [9.17, 15) is 22.8 Å². The number of halogens is 3. The highest BCUT2D eigenvalue weighted by Gasteiger charge is 2.37. The van der Waals surface area contributed by atoms with Crippen LogP contribution in [0.2, 0.25) is 0 Å². The molecule has 3 aromatic rings. The number of ether oxygens (including phenoxy) is 1. The Labute approximate surface area is 163 Å². The highest BCUT2D eigenvalue weighted by Crippen LogP contribution is 2.36. The zero-order valence-corrected chi connectivity index (χ0v) is 15.9. The topological polar surface area (TPSA) is 84.9 Å². The van der Waals surface area contributed by atoms with Crippen LogP contribution in [0.5, 0.6) is 0 Å². The van der Waals surface area contributed by atoms with Crippen molar-refractivity contribution in [2.45, 2.75) is 32.4 Å². The molecule has 0 bridgehead atoms. The van der Waals surface area contributed by atoms with Crippen molar-refractivity contribution in [3.63, 3.8) is 0 Å². The minimum atomic E-state index is -4.69. The van der Waals surface area contributed by atoms with Crippen LogP contribution in [-0.2, 0) is 17.3 Å². The van der Waals surface area contributed by atoms with E-state index >= 15 is 0 Å². The molecule has 2 aromatic heterocycles. The van der Waals surface area contributed by atoms with E-state index in [0.29, 0.717) is 5.56 Å². The molecule has 9 heteroatoms. The summed E-state index contributed by atoms with van der Waals surface area (Å²) in [7, 11) is 1.27. The molecule has 0 amide bonds. The maximum absolute atomic E-state index is 13.6. The van der Waals surface area contributed by atoms with Gasteiger partial charge >= 0.3 is 12.1 Å². The van der Waals surface area contributed by atoms with Crippen LogP contribution in [0.15, 0.2) is 35.1 Å². The largest absolute Gasteiger partial charge is 0.465 e. The number of pyridine rings is 1. The van der Waals surface area contributed by atoms with Crippen molar-refractivity contribution < 1.29 is 22.7 Å². The normalized spacial score (nSPS) is 12.8. The fourth-order valence-corrected chi connectivity index (χ4v) is 3.15. The minimum absolute atomic E-state index is 0.00601. The van der Waals surface area contributed by atoms with E-state index < -0.39 is 29.3 Å². The smallest absolute Gasteiger partial charge is 0.433 e. The number of aromatic amines is 1. The molecule has 0 fully saturated rings. The van der Waals surface area contributed by atoms with Gasteiger partial charge in [-0.1, -0.05) is 19.1 Å². The third-order valence-electron chi connectivity index (χ3n) is 4.56. The number of rotatable bonds is 4. The van der Waals surface area contributed by atoms with Crippen molar-refractivity contribution in [1.82, 2.24) is 15.0 Å². The van der Waals surface area contributed by atoms with Crippen LogP contribution in [0.3, 0.4) is 0 Å². The van der Waals surface area contributed by atoms with Gasteiger partial charge in [-0.05, 0) is 48.6 Å². The predicted octanol–water partition coefficient (Wildman–Crippen LogP) is 3.78. The van der Waals surface area contributed by atoms with Crippen molar-refractivity contribution in [3.05, 3.63) is 68.9 Å². The van der Waals surface area contributed by atoms with E-state index in [-0.39, 0.29) is 28.8 Å². The third kappa shape index (κ3) is 4.28. The molecule has 0 aliphatic rings. The van der Waals surface area contributed by atoms with Crippen molar-refractivity contribution in [2.75, 3.05) is 7.11 Å². The monoisotopic (exact) mass is 405 g/mol. The lowest BCUT2D eigenvalue weighted by Crippen LogP contribution is -2.18. The summed E-state index contributed by atoms with van der Waals surface area (Å²) < 4.78 is 45.5. The number of aromatic nitrogens is 3. The molecule has 152 valence electrons. The Morgan fingerprint density at radius 1 is 1.21 bits per heavy atom. The lowest BCUT2D eigenvalue weighted by atomic mass is 9.91. The van der Waals surface area contributed by atoms with Gasteiger partial charge in [-0.3, -0.25) is 4.79 Å². The van der Waals surface area contributed by atoms with Crippen LogP contribution in [0.1, 0.15) is 45.8 Å². The van der Waals surface area contributed by atoms with Gasteiger partial charge in [-0.2, -0.15) is 13.2 Å². The van der Waals surface area contributed by atoms with Gasteiger partial charge < -0.3 is 9.72 Å². The highest BCUT2D eigenvalue weighted by molar-refractivity contribution is 5.89. The number of carbonyl (C=O) groups is 1. The Morgan fingerprint density at radius 2 is 1.86 bits per heavy atom. The van der Waals surface area contributed by atoms with E-state index in [0.717, 1.165) is 5.56 Å². The van der Waals surface area contributed by atoms with Crippen molar-refractivity contribution in [1.29, 1.82) is 0 Å². The van der Waals surface area contributed by atoms with Gasteiger partial charge in [0.1, 0.15) is 11.5 Å². The standard InChI is InChI=1S/C20H18F3N3O3/c1-10(8-12-4-6-13(7-5-12)19(28)29-3)14-9-15-17(24-11(2)25-18(15)27)26-16(14)20(21,22)23/h4-7,9-10H,8H2,1-3H3,(H,24,25,26,27)/t10-/m1/s1. The van der Waals surface area contributed by atoms with Crippen molar-refractivity contribution in [2.24, 2.45) is 0 Å². The summed E-state index contributed by atoms with van der Waals surface area (Å²) in [6.07, 6.45) is -4.43. The molecule has 0 saturated carbocycles. The quantitative estimate of drug-likeness (QED) is 0.668. The molecule has 0 aliphatic carbocycles. The first kappa shape index (κ1) is 20.5. The highest BCUT2D eigenvalue weighted by atomic mass is 19.4. The molecule has 29 heavy (non-hydrogen) atoms. The van der Waals surface area contributed by atoms with E-state index in [4.69, 9.17) is 0 Å². The second-order valence-electron chi connectivity index (χ2n) is 6.74. The molecule has 0 spiro atoms. The number of esters is 1. The number of nitrogens with zero attached hydrogens (tertiary/aromatic N) is 2. The van der Waals surface area contributed by atoms with Gasteiger partial charge in [-0.15, -0.1) is 0 Å². The summed E-state index contributed by atoms with van der Waals surface area (Å²) in [6, 6.07) is 7.62. The predicted molar refractivity (Wildman–Crippen MR) is 99.8 cm³/mol. The van der Waals surface area contributed by atoms with Gasteiger partial charge in [0.25, 0.3) is 5.56 Å². The Balaban J connectivity index is 2.03. The third-order valence-corrected chi connectivity index (χ3v) is 4.56. The Bertz CT molecular complexity index is 1120. The number of methoxy groups -OCH3 is 1. The number of hydrogen-bond donors (Lipinski definition) is 1. The first-order valence-electron chi connectivity index (χ1n) is 8.76. The maximum Gasteiger partial charge on any atom is 0.433 e. The Hall–Kier alpha value is -3.23. The molecule has 0 saturated heterocycles. The number of benzene rings is 1. The van der Waals surface area contributed by atoms with Crippen LogP contribution in [0, 0.1) is 6.92 Å². The molecule has 0 aliphatic heterocycles. The van der Waals surface area contributed by atoms with Crippen molar-refractivity contribution >= 4 is 17.0 Å². The number of carbonyl (C=O) groups excluding carboxylic acids is 1. The fraction of sp³-hybridized carbons (Fsp3) is 0.300. The number of alkyl halides is 3. The molecule has 3 rings (SSSR count). The van der Waals surface area contributed by atoms with Gasteiger partial charge in [-0.25, -0.2) is 14.8 Å². The number of aryl methyl sites for hydroxylation is 1. The number of hydrogen-bond acceptors (Lipinski definition) is 5. The lowest BCUT2D eigenvalue weighted by Gasteiger charge is -2.18. The number of H-pyrrole nitrogens is 1. The minimum Gasteiger partial charge on any atom is -0.465 e. The Kier molecular flexibility index (Phi) is 5.41. The molecule has 0 unspecified atom stereocenters. The molecule has 6 nitrogen and oxygen atoms in total. The first-order chi connectivity index (χ1) is 13.6. The van der Waals surface area contributed by atoms with E-state index in [1.807, 2.05) is 0 Å². The van der Waals surface area contributed by atoms with Crippen LogP contribution < -0.4 is 5.56 Å². The Morgan fingerprint density at radius 3 is 2.45 bits per heavy atom. The van der Waals surface area contributed by atoms with E-state index in [1.165, 1.54) is 20.1 Å². The summed E-state index contributed by atoms with van der Waals surface area (Å²) in [5, 5.41) is 0.00601. The average Bonchev–Trinajstić information content (AvgIpc) is 2.66. The molecule has 1 atom stereocenters. The summed E-state index contributed by atoms with van der Waals surface area (Å²) in [5.41, 5.74) is -0.838. The molecular weight excluding hydrogens is 387 g/mol. The van der Waals surface area contributed by atoms with Crippen molar-refractivity contribution in [3.8, 4) is 0 Å². The first-order valence-corrected chi connectivity index (χ1v) is 8.76. The van der Waals surface area contributed by atoms with Crippen LogP contribution in [0.25, 0.3) is 11.0 Å². The second kappa shape index (κ2) is 7.65. The van der Waals surface area contributed by atoms with Gasteiger partial charge in [0.05, 0.1) is 18.1 Å². The molecule has 0 radical (unpaired) electrons. The van der Waals surface area contributed by atoms with Gasteiger partial charge in [0.15, 0.2) is 5.65 Å². The lowest BCUT2D eigenvalue weighted by molar-refractivity contribution is -0.141. The number of nitrogens with one attached hydrogen (secondary N) is 1. The van der Waals surface area contributed by atoms with Crippen LogP contribution >= 0.6 is 0 Å². The van der Waals surface area contributed by atoms with Gasteiger partial charge in [0, 0.05) is 0 Å². The maximum atomic E-state index is 13.6. The summed E-state index contributed by atoms with van der Waals surface area (Å²) in [5.74, 6) is -0.896. The van der Waals surface area contributed by atoms with Crippen LogP contribution in [0.4, 0.5) is 13.2 Å². The summed E-state index contributed by atoms with van der Waals surface area (Å²) in [4.78, 5) is 33.7. The number of fused-ring (bicyclic) bond motifs is 1. The summed E-state index contributed by atoms with van der Waals surface area (Å²) in [6.45, 7) is 3.10. The zero-order valence-electron chi connectivity index (χ0n) is 15.9. The SMILES string of the molecule is COC(=O)c1ccc(C[C@@H](C)c2cc3c(=O)[nH]c(C)nc3nc2C(F)(F)F)cc1. The molecule has 1 aromatic carbocycles. The fourth-order valence-electron chi connectivity index (χ4n) is 3.15. The average molecular weight is 405 g/mol. The summed E-state index contributed by atoms with van der Waals surface area (Å²) >= 11 is 0. The van der Waals surface area contributed by atoms with E-state index in [1.54, 1.807) is 31.2 Å². The van der Waals surface area contributed by atoms with E-state index in [2.05, 4.69) is 19.7 Å². The van der Waals surface area contributed by atoms with Gasteiger partial charge in [0.2, 0.25) is 0 Å². The second-order valence-corrected chi connectivity index (χ2v) is 6.74.